The topological polar surface area (TPSA) is 231 Å². The van der Waals surface area contributed by atoms with E-state index in [1.165, 1.54) is 18.3 Å². The van der Waals surface area contributed by atoms with Gasteiger partial charge in [0.2, 0.25) is 20.0 Å². The summed E-state index contributed by atoms with van der Waals surface area (Å²) in [7, 11) is -8.83. The summed E-state index contributed by atoms with van der Waals surface area (Å²) in [6.45, 7) is 0.740. The van der Waals surface area contributed by atoms with E-state index in [2.05, 4.69) is 36.9 Å². The van der Waals surface area contributed by atoms with Crippen LogP contribution >= 0.6 is 0 Å². The molecular weight excluding hydrogens is 460 g/mol. The molecule has 0 amide bonds. The van der Waals surface area contributed by atoms with E-state index in [-0.39, 0.29) is 11.4 Å². The lowest BCUT2D eigenvalue weighted by molar-refractivity contribution is 0.524. The van der Waals surface area contributed by atoms with Gasteiger partial charge in [0.05, 0.1) is 6.04 Å². The van der Waals surface area contributed by atoms with Crippen LogP contribution in [0.2, 0.25) is 0 Å². The summed E-state index contributed by atoms with van der Waals surface area (Å²) in [5.74, 6) is 0.271. The zero-order valence-corrected chi connectivity index (χ0v) is 18.3. The maximum absolute atomic E-state index is 13.2. The first-order chi connectivity index (χ1) is 15.1. The van der Waals surface area contributed by atoms with Crippen LogP contribution in [0.3, 0.4) is 0 Å². The van der Waals surface area contributed by atoms with Crippen LogP contribution in [0.4, 0.5) is 5.82 Å². The van der Waals surface area contributed by atoms with Crippen LogP contribution in [-0.2, 0) is 20.0 Å². The highest BCUT2D eigenvalue weighted by atomic mass is 32.2. The Morgan fingerprint density at radius 2 is 1.75 bits per heavy atom. The number of hydrazine groups is 3. The molecule has 0 radical (unpaired) electrons. The van der Waals surface area contributed by atoms with Gasteiger partial charge in [-0.2, -0.15) is 11.1 Å². The Kier molecular flexibility index (Phi) is 6.16. The first-order valence-corrected chi connectivity index (χ1v) is 12.5. The molecule has 16 heteroatoms. The van der Waals surface area contributed by atoms with E-state index in [4.69, 9.17) is 16.6 Å². The van der Waals surface area contributed by atoms with Crippen LogP contribution in [0.25, 0.3) is 11.1 Å². The van der Waals surface area contributed by atoms with Crippen molar-refractivity contribution in [3.05, 3.63) is 36.0 Å². The molecule has 2 aromatic rings. The fourth-order valence-electron chi connectivity index (χ4n) is 3.68. The molecule has 2 aliphatic heterocycles. The highest BCUT2D eigenvalue weighted by molar-refractivity contribution is 7.92. The molecule has 174 valence electrons. The second-order valence-corrected chi connectivity index (χ2v) is 10.6. The number of sulfonamides is 2. The summed E-state index contributed by atoms with van der Waals surface area (Å²) in [5, 5.41) is 8.52. The molecule has 1 aromatic heterocycles. The normalized spacial score (nSPS) is 22.4. The highest BCUT2D eigenvalue weighted by Gasteiger charge is 2.36. The zero-order chi connectivity index (χ0) is 23.1. The number of hydrogen-bond donors (Lipinski definition) is 9. The third kappa shape index (κ3) is 4.46. The molecule has 0 unspecified atom stereocenters. The summed E-state index contributed by atoms with van der Waals surface area (Å²) >= 11 is 0. The van der Waals surface area contributed by atoms with Crippen molar-refractivity contribution >= 4 is 25.9 Å². The maximum atomic E-state index is 13.2. The van der Waals surface area contributed by atoms with Crippen molar-refractivity contribution in [3.8, 4) is 11.1 Å². The van der Waals surface area contributed by atoms with E-state index in [1.54, 1.807) is 12.1 Å². The minimum Gasteiger partial charge on any atom is -0.384 e. The number of primary sulfonamides is 1. The number of nitrogen functional groups attached to an aromatic ring is 1. The number of aromatic nitrogens is 1. The summed E-state index contributed by atoms with van der Waals surface area (Å²) in [4.78, 5) is 2.99. The predicted molar refractivity (Wildman–Crippen MR) is 116 cm³/mol. The van der Waals surface area contributed by atoms with Gasteiger partial charge in [-0.1, -0.05) is 6.07 Å². The van der Waals surface area contributed by atoms with Gasteiger partial charge in [-0.25, -0.2) is 42.5 Å². The Bertz CT molecular complexity index is 1210. The second kappa shape index (κ2) is 8.60. The SMILES string of the molecule is Nc1ccc(-c2ccc(S(=O)(=O)N[C@@H]3CNC[C@@H]3N)c(S(N)(=O)=O)c2C2NNNN2)cn1. The first kappa shape index (κ1) is 22.9. The Labute approximate surface area is 184 Å². The van der Waals surface area contributed by atoms with Gasteiger partial charge in [0.25, 0.3) is 0 Å². The Balaban J connectivity index is 1.93. The number of nitrogens with two attached hydrogens (primary N) is 3. The van der Waals surface area contributed by atoms with E-state index in [9.17, 15) is 16.8 Å². The number of pyridine rings is 1. The molecule has 0 saturated carbocycles. The van der Waals surface area contributed by atoms with E-state index in [1.807, 2.05) is 0 Å². The average molecular weight is 485 g/mol. The van der Waals surface area contributed by atoms with Gasteiger partial charge in [-0.3, -0.25) is 0 Å². The molecule has 2 fully saturated rings. The molecule has 14 nitrogen and oxygen atoms in total. The number of nitrogens with zero attached hydrogens (tertiary/aromatic N) is 1. The highest BCUT2D eigenvalue weighted by Crippen LogP contribution is 2.36. The van der Waals surface area contributed by atoms with Crippen molar-refractivity contribution < 1.29 is 16.8 Å². The predicted octanol–water partition coefficient (Wildman–Crippen LogP) is -3.33. The van der Waals surface area contributed by atoms with Crippen LogP contribution in [0, 0.1) is 0 Å². The summed E-state index contributed by atoms with van der Waals surface area (Å²) in [5.41, 5.74) is 23.3. The lowest BCUT2D eigenvalue weighted by Crippen LogP contribution is -2.47. The largest absolute Gasteiger partial charge is 0.384 e. The van der Waals surface area contributed by atoms with Crippen LogP contribution in [0.5, 0.6) is 0 Å². The van der Waals surface area contributed by atoms with Gasteiger partial charge in [0, 0.05) is 36.5 Å². The van der Waals surface area contributed by atoms with Crippen LogP contribution in [0.15, 0.2) is 40.3 Å². The molecule has 3 heterocycles. The van der Waals surface area contributed by atoms with E-state index < -0.39 is 48.1 Å². The number of benzene rings is 1. The van der Waals surface area contributed by atoms with Crippen molar-refractivity contribution in [3.63, 3.8) is 0 Å². The standard InChI is InChI=1S/C16H24N10O4S2/c17-10-6-20-7-11(10)24-32(29,30)12-3-2-9(8-1-4-13(18)21-5-8)14(15(12)31(19,27)28)16-22-25-26-23-16/h1-5,10-11,16,20,22-26H,6-7,17H2,(H2,18,21)(H2,19,27,28)/t10-,11+/m0/s1. The molecule has 0 bridgehead atoms. The summed E-state index contributed by atoms with van der Waals surface area (Å²) < 4.78 is 54.4. The van der Waals surface area contributed by atoms with Crippen molar-refractivity contribution in [1.82, 2.24) is 36.9 Å². The zero-order valence-electron chi connectivity index (χ0n) is 16.7. The monoisotopic (exact) mass is 484 g/mol. The molecule has 2 atom stereocenters. The number of nitrogens with one attached hydrogen (secondary N) is 6. The summed E-state index contributed by atoms with van der Waals surface area (Å²) in [6, 6.07) is 4.79. The molecule has 32 heavy (non-hydrogen) atoms. The Morgan fingerprint density at radius 3 is 2.31 bits per heavy atom. The minimum absolute atomic E-state index is 0.0771. The smallest absolute Gasteiger partial charge is 0.242 e. The molecule has 0 spiro atoms. The van der Waals surface area contributed by atoms with Crippen LogP contribution < -0.4 is 48.6 Å². The van der Waals surface area contributed by atoms with Crippen molar-refractivity contribution in [2.45, 2.75) is 28.0 Å². The second-order valence-electron chi connectivity index (χ2n) is 7.39. The van der Waals surface area contributed by atoms with Crippen molar-refractivity contribution in [1.29, 1.82) is 0 Å². The van der Waals surface area contributed by atoms with Crippen LogP contribution in [-0.4, -0.2) is 47.0 Å². The van der Waals surface area contributed by atoms with E-state index in [0.717, 1.165) is 0 Å². The molecule has 0 aliphatic carbocycles. The molecule has 2 aliphatic rings. The lowest BCUT2D eigenvalue weighted by Gasteiger charge is -2.23. The van der Waals surface area contributed by atoms with Gasteiger partial charge in [-0.05, 0) is 23.8 Å². The van der Waals surface area contributed by atoms with E-state index in [0.29, 0.717) is 24.2 Å². The third-order valence-electron chi connectivity index (χ3n) is 5.18. The molecule has 2 saturated heterocycles. The maximum Gasteiger partial charge on any atom is 0.242 e. The number of rotatable bonds is 6. The van der Waals surface area contributed by atoms with E-state index >= 15 is 0 Å². The quantitative estimate of drug-likeness (QED) is 0.196. The first-order valence-electron chi connectivity index (χ1n) is 9.49. The van der Waals surface area contributed by atoms with Gasteiger partial charge in [0.1, 0.15) is 21.8 Å². The van der Waals surface area contributed by atoms with Gasteiger partial charge in [0.15, 0.2) is 0 Å². The van der Waals surface area contributed by atoms with Gasteiger partial charge in [-0.15, -0.1) is 0 Å². The number of anilines is 1. The third-order valence-corrected chi connectivity index (χ3v) is 7.85. The van der Waals surface area contributed by atoms with Crippen molar-refractivity contribution in [2.24, 2.45) is 10.9 Å². The van der Waals surface area contributed by atoms with Crippen molar-refractivity contribution in [2.75, 3.05) is 18.8 Å². The Morgan fingerprint density at radius 1 is 1.03 bits per heavy atom. The summed E-state index contributed by atoms with van der Waals surface area (Å²) in [6.07, 6.45) is 0.591. The molecule has 1 aromatic carbocycles. The fraction of sp³-hybridized carbons (Fsp3) is 0.312. The van der Waals surface area contributed by atoms with Gasteiger partial charge >= 0.3 is 0 Å². The average Bonchev–Trinajstić information content (AvgIpc) is 3.39. The minimum atomic E-state index is -4.52. The molecule has 12 N–H and O–H groups in total. The lowest BCUT2D eigenvalue weighted by atomic mass is 9.99. The molecule has 4 rings (SSSR count). The number of hydrogen-bond acceptors (Lipinski definition) is 12. The fourth-order valence-corrected chi connectivity index (χ4v) is 6.62. The van der Waals surface area contributed by atoms with Crippen LogP contribution in [0.1, 0.15) is 11.7 Å². The van der Waals surface area contributed by atoms with Gasteiger partial charge < -0.3 is 16.8 Å². The molecular formula is C16H24N10O4S2. The Hall–Kier alpha value is -2.25.